The minimum absolute atomic E-state index is 0. The molecule has 0 radical (unpaired) electrons. The summed E-state index contributed by atoms with van der Waals surface area (Å²) in [5.41, 5.74) is 13.3. The van der Waals surface area contributed by atoms with Crippen LogP contribution in [0.15, 0.2) is 170 Å². The molecule has 0 fully saturated rings. The van der Waals surface area contributed by atoms with E-state index in [9.17, 15) is 34.5 Å². The minimum atomic E-state index is -6.00. The molecule has 6 heterocycles. The quantitative estimate of drug-likeness (QED) is 0.129. The largest absolute Gasteiger partial charge is 1.00 e. The number of nitriles is 2. The third-order valence-electron chi connectivity index (χ3n) is 7.73. The van der Waals surface area contributed by atoms with Crippen molar-refractivity contribution in [1.29, 1.82) is 10.5 Å². The standard InChI is InChI=1S/2C20H14N3.2C2H3N.2Ag.2BF4/c2*1-3-18(22-11-1)20(19-4-2-12-23-19)17-7-5-15(6-8-17)16-9-13-21-14-10-16;2*1-2-3;;;2*2-1(3,4)5/h2*1-14H;2*1H3;;;;/q2*-1;;;2*+1;2*-1/p+2/b2*20-18+;;;;;;. The second kappa shape index (κ2) is 29.1. The van der Waals surface area contributed by atoms with Gasteiger partial charge in [-0.2, -0.15) is 22.9 Å². The monoisotopic (exact) mass is 1060 g/mol. The molecular formula is C44H36Ag2B2F8N8. The molecule has 6 aromatic rings. The van der Waals surface area contributed by atoms with Gasteiger partial charge in [-0.25, -0.2) is 9.98 Å². The predicted molar refractivity (Wildman–Crippen MR) is 226 cm³/mol. The van der Waals surface area contributed by atoms with Crippen molar-refractivity contribution in [2.75, 3.05) is 0 Å². The average Bonchev–Trinajstić information content (AvgIpc) is 4.10. The summed E-state index contributed by atoms with van der Waals surface area (Å²) >= 11 is 0. The average molecular weight is 1070 g/mol. The van der Waals surface area contributed by atoms with E-state index in [1.807, 2.05) is 110 Å². The molecule has 0 aliphatic carbocycles. The van der Waals surface area contributed by atoms with Crippen LogP contribution >= 0.6 is 0 Å². The van der Waals surface area contributed by atoms with E-state index in [4.69, 9.17) is 10.5 Å². The number of hydrogen-bond acceptors (Lipinski definition) is 4. The van der Waals surface area contributed by atoms with Gasteiger partial charge in [-0.1, -0.05) is 72.8 Å². The topological polar surface area (TPSA) is 130 Å². The first-order chi connectivity index (χ1) is 29.7. The summed E-state index contributed by atoms with van der Waals surface area (Å²) in [5.74, 6) is 0. The number of rotatable bonds is 6. The zero-order valence-electron chi connectivity index (χ0n) is 33.6. The Kier molecular flexibility index (Phi) is 25.3. The fraction of sp³-hybridized carbons (Fsp3) is 0.0455. The zero-order valence-corrected chi connectivity index (χ0v) is 36.6. The Bertz CT molecular complexity index is 2310. The van der Waals surface area contributed by atoms with Crippen LogP contribution in [0.1, 0.15) is 36.4 Å². The van der Waals surface area contributed by atoms with Gasteiger partial charge in [0.1, 0.15) is 0 Å². The summed E-state index contributed by atoms with van der Waals surface area (Å²) in [4.78, 5) is 23.6. The van der Waals surface area contributed by atoms with E-state index >= 15 is 0 Å². The van der Waals surface area contributed by atoms with Gasteiger partial charge >= 0.3 is 59.3 Å². The van der Waals surface area contributed by atoms with Crippen molar-refractivity contribution in [3.63, 3.8) is 0 Å². The zero-order chi connectivity index (χ0) is 45.4. The van der Waals surface area contributed by atoms with Crippen molar-refractivity contribution in [3.05, 3.63) is 192 Å². The van der Waals surface area contributed by atoms with Crippen molar-refractivity contribution >= 4 is 38.1 Å². The fourth-order valence-corrected chi connectivity index (χ4v) is 5.50. The van der Waals surface area contributed by atoms with Crippen LogP contribution < -0.4 is 20.0 Å². The van der Waals surface area contributed by atoms with Gasteiger partial charge in [0, 0.05) is 74.1 Å². The maximum atomic E-state index is 9.75. The smallest absolute Gasteiger partial charge is 0.663 e. The van der Waals surface area contributed by atoms with Crippen LogP contribution in [0.3, 0.4) is 0 Å². The summed E-state index contributed by atoms with van der Waals surface area (Å²) in [6.07, 6.45) is 22.9. The number of aromatic nitrogens is 4. The van der Waals surface area contributed by atoms with Gasteiger partial charge in [0.15, 0.2) is 12.4 Å². The van der Waals surface area contributed by atoms with Crippen LogP contribution in [-0.4, -0.2) is 36.9 Å². The SMILES string of the molecule is C1=C/C(=C(/c2ccc(-c3ccncc3)cc2)c2ccc[n-]2)[NH+]=C1.C1=C/C(=C(/c2ccc(-c3ccncc3)cc2)c2ccc[n-]2)[NH+]=C1.CC#N.CC#N.F[B-](F)(F)F.F[B-](F)(F)F.[Ag+].[Ag+]. The molecule has 0 saturated carbocycles. The van der Waals surface area contributed by atoms with Crippen LogP contribution in [0.25, 0.3) is 33.4 Å². The first kappa shape index (κ1) is 55.6. The van der Waals surface area contributed by atoms with Gasteiger partial charge in [-0.05, 0) is 57.6 Å². The van der Waals surface area contributed by atoms with E-state index in [2.05, 4.69) is 90.6 Å². The van der Waals surface area contributed by atoms with Crippen molar-refractivity contribution in [2.24, 2.45) is 0 Å². The number of benzene rings is 2. The van der Waals surface area contributed by atoms with Crippen LogP contribution in [0.2, 0.25) is 0 Å². The summed E-state index contributed by atoms with van der Waals surface area (Å²) in [6, 6.07) is 36.7. The van der Waals surface area contributed by atoms with Gasteiger partial charge in [0.2, 0.25) is 11.4 Å². The van der Waals surface area contributed by atoms with Gasteiger partial charge in [0.25, 0.3) is 0 Å². The third-order valence-corrected chi connectivity index (χ3v) is 7.73. The van der Waals surface area contributed by atoms with E-state index < -0.39 is 14.5 Å². The summed E-state index contributed by atoms with van der Waals surface area (Å²) in [5, 5.41) is 14.6. The van der Waals surface area contributed by atoms with E-state index in [1.54, 1.807) is 12.1 Å². The number of halogens is 8. The molecule has 8 rings (SSSR count). The van der Waals surface area contributed by atoms with Crippen LogP contribution in [0.5, 0.6) is 0 Å². The number of pyridine rings is 2. The van der Waals surface area contributed by atoms with Crippen molar-refractivity contribution in [3.8, 4) is 34.4 Å². The number of nitrogens with zero attached hydrogens (tertiary/aromatic N) is 6. The maximum absolute atomic E-state index is 9.75. The molecule has 64 heavy (non-hydrogen) atoms. The van der Waals surface area contributed by atoms with Crippen LogP contribution in [0.4, 0.5) is 34.5 Å². The summed E-state index contributed by atoms with van der Waals surface area (Å²) in [7, 11) is -12.0. The molecule has 0 saturated heterocycles. The van der Waals surface area contributed by atoms with Gasteiger partial charge in [-0.15, -0.1) is 11.4 Å². The molecule has 0 unspecified atom stereocenters. The van der Waals surface area contributed by atoms with Gasteiger partial charge in [-0.3, -0.25) is 9.97 Å². The Morgan fingerprint density at radius 2 is 0.781 bits per heavy atom. The molecule has 0 spiro atoms. The minimum Gasteiger partial charge on any atom is -0.663 e. The Morgan fingerprint density at radius 3 is 1.02 bits per heavy atom. The number of nitrogens with one attached hydrogen (secondary N) is 2. The van der Waals surface area contributed by atoms with Crippen molar-refractivity contribution in [2.45, 2.75) is 13.8 Å². The molecule has 0 bridgehead atoms. The van der Waals surface area contributed by atoms with Crippen LogP contribution in [-0.2, 0) is 44.8 Å². The van der Waals surface area contributed by atoms with E-state index in [-0.39, 0.29) is 44.8 Å². The van der Waals surface area contributed by atoms with Crippen molar-refractivity contribution < 1.29 is 89.3 Å². The number of allylic oxidation sites excluding steroid dienone is 4. The second-order valence-corrected chi connectivity index (χ2v) is 12.0. The van der Waals surface area contributed by atoms with Gasteiger partial charge < -0.3 is 44.5 Å². The normalized spacial score (nSPS) is 13.0. The molecule has 8 nitrogen and oxygen atoms in total. The molecule has 0 atom stereocenters. The van der Waals surface area contributed by atoms with E-state index in [0.717, 1.165) is 45.1 Å². The fourth-order valence-electron chi connectivity index (χ4n) is 5.50. The Labute approximate surface area is 396 Å². The maximum Gasteiger partial charge on any atom is 1.00 e. The summed E-state index contributed by atoms with van der Waals surface area (Å²) < 4.78 is 78.0. The van der Waals surface area contributed by atoms with E-state index in [0.29, 0.717) is 0 Å². The van der Waals surface area contributed by atoms with Gasteiger partial charge in [0.05, 0.1) is 12.1 Å². The molecule has 2 aliphatic heterocycles. The van der Waals surface area contributed by atoms with Crippen molar-refractivity contribution in [1.82, 2.24) is 19.9 Å². The Hall–Kier alpha value is -6.37. The molecule has 2 aromatic carbocycles. The summed E-state index contributed by atoms with van der Waals surface area (Å²) in [6.45, 7) is 2.86. The number of hydrogen-bond donors (Lipinski definition) is 2. The Morgan fingerprint density at radius 1 is 0.500 bits per heavy atom. The van der Waals surface area contributed by atoms with E-state index in [1.165, 1.54) is 36.1 Å². The first-order valence-electron chi connectivity index (χ1n) is 18.2. The molecular weight excluding hydrogens is 1030 g/mol. The van der Waals surface area contributed by atoms with Crippen LogP contribution in [0, 0.1) is 22.7 Å². The molecule has 4 aromatic heterocycles. The molecule has 20 heteroatoms. The first-order valence-corrected chi connectivity index (χ1v) is 18.2. The molecule has 2 aliphatic rings. The molecule has 0 amide bonds. The molecule has 2 N–H and O–H groups in total. The third kappa shape index (κ3) is 20.7. The second-order valence-electron chi connectivity index (χ2n) is 12.0. The predicted octanol–water partition coefficient (Wildman–Crippen LogP) is 8.03. The Balaban J connectivity index is 0.000000470. The molecule has 336 valence electrons.